The zero-order chi connectivity index (χ0) is 29.1. The lowest BCUT2D eigenvalue weighted by Gasteiger charge is -2.37. The van der Waals surface area contributed by atoms with Gasteiger partial charge in [0.2, 0.25) is 0 Å². The van der Waals surface area contributed by atoms with Gasteiger partial charge in [0, 0.05) is 22.4 Å². The Morgan fingerprint density at radius 2 is 1.16 bits per heavy atom. The first kappa shape index (κ1) is 25.6. The molecule has 0 aromatic heterocycles. The Bertz CT molecular complexity index is 1980. The molecule has 0 saturated heterocycles. The quantitative estimate of drug-likeness (QED) is 0.201. The summed E-state index contributed by atoms with van der Waals surface area (Å²) in [5.74, 6) is 1.59. The third-order valence-electron chi connectivity index (χ3n) is 10.7. The Hall–Kier alpha value is -4.88. The summed E-state index contributed by atoms with van der Waals surface area (Å²) in [6.45, 7) is 0. The molecule has 9 rings (SSSR count). The van der Waals surface area contributed by atoms with Crippen LogP contribution in [0.4, 0.5) is 17.1 Å². The van der Waals surface area contributed by atoms with Gasteiger partial charge in [0.05, 0.1) is 5.69 Å². The molecule has 3 atom stereocenters. The molecule has 3 aliphatic rings. The lowest BCUT2D eigenvalue weighted by atomic mass is 9.67. The van der Waals surface area contributed by atoms with Crippen LogP contribution in [0, 0.1) is 11.8 Å². The smallest absolute Gasteiger partial charge is 0.0540 e. The number of para-hydroxylation sites is 1. The fourth-order valence-corrected chi connectivity index (χ4v) is 8.91. The second-order valence-corrected chi connectivity index (χ2v) is 13.0. The van der Waals surface area contributed by atoms with Crippen molar-refractivity contribution in [1.82, 2.24) is 0 Å². The van der Waals surface area contributed by atoms with Crippen LogP contribution in [0.1, 0.15) is 36.8 Å². The topological polar surface area (TPSA) is 3.24 Å². The molecule has 1 nitrogen and oxygen atoms in total. The van der Waals surface area contributed by atoms with Gasteiger partial charge in [0.15, 0.2) is 0 Å². The van der Waals surface area contributed by atoms with Crippen molar-refractivity contribution in [1.29, 1.82) is 0 Å². The van der Waals surface area contributed by atoms with E-state index in [4.69, 9.17) is 0 Å². The average molecular weight is 566 g/mol. The van der Waals surface area contributed by atoms with Crippen LogP contribution in [0.5, 0.6) is 0 Å². The van der Waals surface area contributed by atoms with Crippen LogP contribution in [-0.2, 0) is 5.41 Å². The first-order valence-corrected chi connectivity index (χ1v) is 16.1. The molecular weight excluding hydrogens is 530 g/mol. The van der Waals surface area contributed by atoms with Crippen LogP contribution in [0.25, 0.3) is 33.4 Å². The van der Waals surface area contributed by atoms with E-state index in [1.54, 1.807) is 11.1 Å². The van der Waals surface area contributed by atoms with Gasteiger partial charge in [0.1, 0.15) is 0 Å². The third-order valence-corrected chi connectivity index (χ3v) is 10.7. The lowest BCUT2D eigenvalue weighted by molar-refractivity contribution is 0.327. The van der Waals surface area contributed by atoms with Crippen LogP contribution in [0.15, 0.2) is 152 Å². The Kier molecular flexibility index (Phi) is 5.88. The highest BCUT2D eigenvalue weighted by Crippen LogP contribution is 2.66. The Labute approximate surface area is 260 Å². The molecule has 3 aliphatic carbocycles. The first-order valence-electron chi connectivity index (χ1n) is 16.1. The molecule has 1 heteroatoms. The van der Waals surface area contributed by atoms with Gasteiger partial charge in [-0.1, -0.05) is 122 Å². The molecule has 1 spiro atoms. The highest BCUT2D eigenvalue weighted by atomic mass is 15.1. The number of rotatable bonds is 5. The summed E-state index contributed by atoms with van der Waals surface area (Å²) in [6.07, 6.45) is 5.41. The summed E-state index contributed by atoms with van der Waals surface area (Å²) in [6, 6.07) is 56.1. The number of hydrogen-bond donors (Lipinski definition) is 0. The molecule has 0 aliphatic heterocycles. The molecule has 6 aromatic rings. The van der Waals surface area contributed by atoms with Crippen LogP contribution in [0.2, 0.25) is 0 Å². The summed E-state index contributed by atoms with van der Waals surface area (Å²) in [4.78, 5) is 2.49. The van der Waals surface area contributed by atoms with Crippen molar-refractivity contribution >= 4 is 17.1 Å². The van der Waals surface area contributed by atoms with E-state index in [2.05, 4.69) is 157 Å². The Morgan fingerprint density at radius 3 is 1.89 bits per heavy atom. The maximum absolute atomic E-state index is 2.56. The highest BCUT2D eigenvalue weighted by Gasteiger charge is 2.56. The van der Waals surface area contributed by atoms with Crippen molar-refractivity contribution in [3.05, 3.63) is 163 Å². The highest BCUT2D eigenvalue weighted by molar-refractivity contribution is 5.92. The van der Waals surface area contributed by atoms with Crippen LogP contribution >= 0.6 is 0 Å². The van der Waals surface area contributed by atoms with E-state index in [1.807, 2.05) is 0 Å². The zero-order valence-electron chi connectivity index (χ0n) is 24.9. The minimum atomic E-state index is 0.145. The van der Waals surface area contributed by atoms with Gasteiger partial charge in [0.25, 0.3) is 0 Å². The minimum absolute atomic E-state index is 0.145. The summed E-state index contributed by atoms with van der Waals surface area (Å²) in [7, 11) is 0. The van der Waals surface area contributed by atoms with Gasteiger partial charge < -0.3 is 4.90 Å². The van der Waals surface area contributed by atoms with Crippen molar-refractivity contribution in [2.45, 2.75) is 31.1 Å². The zero-order valence-corrected chi connectivity index (χ0v) is 24.9. The summed E-state index contributed by atoms with van der Waals surface area (Å²) in [5.41, 5.74) is 14.7. The van der Waals surface area contributed by atoms with E-state index in [1.165, 1.54) is 76.1 Å². The molecule has 44 heavy (non-hydrogen) atoms. The minimum Gasteiger partial charge on any atom is -0.310 e. The van der Waals surface area contributed by atoms with Gasteiger partial charge in [-0.2, -0.15) is 0 Å². The number of fused-ring (bicyclic) bond motifs is 8. The van der Waals surface area contributed by atoms with Crippen molar-refractivity contribution in [2.75, 3.05) is 4.90 Å². The number of nitrogens with zero attached hydrogens (tertiary/aromatic N) is 1. The monoisotopic (exact) mass is 565 g/mol. The molecule has 2 fully saturated rings. The van der Waals surface area contributed by atoms with Gasteiger partial charge >= 0.3 is 0 Å². The fourth-order valence-electron chi connectivity index (χ4n) is 8.91. The van der Waals surface area contributed by atoms with Gasteiger partial charge in [-0.15, -0.1) is 0 Å². The van der Waals surface area contributed by atoms with E-state index in [9.17, 15) is 0 Å². The fraction of sp³-hybridized carbons (Fsp3) is 0.163. The molecule has 0 heterocycles. The second kappa shape index (κ2) is 10.1. The predicted octanol–water partition coefficient (Wildman–Crippen LogP) is 11.6. The number of hydrogen-bond acceptors (Lipinski definition) is 1. The standard InChI is InChI=1S/C43H35N/c1-4-12-31(13-5-1)33-21-25-42(39(27-33)32-14-6-2-7-15-32)44(35-16-8-3-9-17-35)36-23-24-38-37-18-10-11-19-40(37)43(41(38)28-36)29-30-20-22-34(43)26-30/h1-19,21,23-25,27-28,30,34H,20,22,26,29H2. The maximum atomic E-state index is 2.56. The van der Waals surface area contributed by atoms with E-state index in [0.717, 1.165) is 11.8 Å². The van der Waals surface area contributed by atoms with Gasteiger partial charge in [-0.05, 0) is 106 Å². The molecule has 2 saturated carbocycles. The summed E-state index contributed by atoms with van der Waals surface area (Å²) >= 11 is 0. The Morgan fingerprint density at radius 1 is 0.477 bits per heavy atom. The van der Waals surface area contributed by atoms with E-state index in [-0.39, 0.29) is 5.41 Å². The normalized spacial score (nSPS) is 20.9. The maximum Gasteiger partial charge on any atom is 0.0540 e. The third kappa shape index (κ3) is 3.85. The van der Waals surface area contributed by atoms with Crippen LogP contribution < -0.4 is 4.90 Å². The molecule has 0 radical (unpaired) electrons. The molecule has 2 bridgehead atoms. The van der Waals surface area contributed by atoms with E-state index < -0.39 is 0 Å². The number of benzene rings is 6. The largest absolute Gasteiger partial charge is 0.310 e. The predicted molar refractivity (Wildman–Crippen MR) is 184 cm³/mol. The molecular formula is C43H35N. The molecule has 0 amide bonds. The van der Waals surface area contributed by atoms with Crippen molar-refractivity contribution in [2.24, 2.45) is 11.8 Å². The summed E-state index contributed by atoms with van der Waals surface area (Å²) < 4.78 is 0. The molecule has 0 N–H and O–H groups in total. The van der Waals surface area contributed by atoms with Crippen molar-refractivity contribution in [3.63, 3.8) is 0 Å². The van der Waals surface area contributed by atoms with Crippen molar-refractivity contribution in [3.8, 4) is 33.4 Å². The van der Waals surface area contributed by atoms with Crippen LogP contribution in [0.3, 0.4) is 0 Å². The van der Waals surface area contributed by atoms with Crippen molar-refractivity contribution < 1.29 is 0 Å². The second-order valence-electron chi connectivity index (χ2n) is 13.0. The number of anilines is 3. The lowest BCUT2D eigenvalue weighted by Crippen LogP contribution is -2.32. The first-order chi connectivity index (χ1) is 21.8. The van der Waals surface area contributed by atoms with Gasteiger partial charge in [-0.25, -0.2) is 0 Å². The van der Waals surface area contributed by atoms with E-state index in [0.29, 0.717) is 0 Å². The molecule has 6 aromatic carbocycles. The van der Waals surface area contributed by atoms with Gasteiger partial charge in [-0.3, -0.25) is 0 Å². The van der Waals surface area contributed by atoms with E-state index >= 15 is 0 Å². The molecule has 212 valence electrons. The van der Waals surface area contributed by atoms with Crippen LogP contribution in [-0.4, -0.2) is 0 Å². The SMILES string of the molecule is c1ccc(-c2ccc(N(c3ccccc3)c3ccc4c(c3)C3(CC5CCC3C5)c3ccccc3-4)c(-c3ccccc3)c2)cc1. The molecule has 3 unspecified atom stereocenters. The average Bonchev–Trinajstić information content (AvgIpc) is 3.79. The Balaban J connectivity index is 1.27. The summed E-state index contributed by atoms with van der Waals surface area (Å²) in [5, 5.41) is 0.